The van der Waals surface area contributed by atoms with E-state index in [-0.39, 0.29) is 10.8 Å². The third kappa shape index (κ3) is 1.66. The second-order valence-electron chi connectivity index (χ2n) is 8.99. The zero-order valence-electron chi connectivity index (χ0n) is 13.7. The van der Waals surface area contributed by atoms with Gasteiger partial charge in [-0.25, -0.2) is 0 Å². The second-order valence-corrected chi connectivity index (χ2v) is 8.99. The average molecular weight is 290 g/mol. The molecule has 4 aliphatic carbocycles. The highest BCUT2D eigenvalue weighted by atomic mass is 16.3. The molecule has 0 saturated heterocycles. The molecule has 2 heteroatoms. The van der Waals surface area contributed by atoms with Crippen LogP contribution in [0.25, 0.3) is 0 Å². The lowest BCUT2D eigenvalue weighted by atomic mass is 9.44. The van der Waals surface area contributed by atoms with Gasteiger partial charge in [-0.3, -0.25) is 4.79 Å². The summed E-state index contributed by atoms with van der Waals surface area (Å²) in [7, 11) is 0. The lowest BCUT2D eigenvalue weighted by Crippen LogP contribution is -2.61. The van der Waals surface area contributed by atoms with Crippen molar-refractivity contribution < 1.29 is 9.90 Å². The van der Waals surface area contributed by atoms with Crippen LogP contribution >= 0.6 is 0 Å². The Labute approximate surface area is 128 Å². The first-order chi connectivity index (χ1) is 9.91. The largest absolute Gasteiger partial charge is 0.389 e. The molecular formula is C19H30O2. The van der Waals surface area contributed by atoms with E-state index in [0.717, 1.165) is 38.5 Å². The minimum atomic E-state index is -0.414. The van der Waals surface area contributed by atoms with Gasteiger partial charge in [-0.1, -0.05) is 26.7 Å². The number of aliphatic hydroxyl groups is 1. The Balaban J connectivity index is 1.69. The van der Waals surface area contributed by atoms with Gasteiger partial charge in [-0.2, -0.15) is 0 Å². The molecule has 0 spiro atoms. The maximum absolute atomic E-state index is 12.4. The zero-order valence-corrected chi connectivity index (χ0v) is 13.7. The molecular weight excluding hydrogens is 260 g/mol. The predicted molar refractivity (Wildman–Crippen MR) is 82.8 cm³/mol. The Bertz CT molecular complexity index is 472. The molecule has 1 N–H and O–H groups in total. The first kappa shape index (κ1) is 14.2. The van der Waals surface area contributed by atoms with Crippen LogP contribution < -0.4 is 0 Å². The molecule has 4 aliphatic rings. The summed E-state index contributed by atoms with van der Waals surface area (Å²) in [4.78, 5) is 12.4. The standard InChI is InChI=1S/C19H30O2/c1-17-11-8-15-13(14(17)5-6-16(17)20)7-12-19(21)10-4-3-9-18(15,19)2/h13-15,21H,3-12H2,1-2H3/t13-,14-,15-,17-,18+,19?/m0/s1. The summed E-state index contributed by atoms with van der Waals surface area (Å²) in [5, 5.41) is 11.3. The first-order valence-electron chi connectivity index (χ1n) is 9.16. The molecule has 0 bridgehead atoms. The fraction of sp³-hybridized carbons (Fsp3) is 0.947. The van der Waals surface area contributed by atoms with Gasteiger partial charge in [0.2, 0.25) is 0 Å². The average Bonchev–Trinajstić information content (AvgIpc) is 2.76. The molecule has 4 saturated carbocycles. The monoisotopic (exact) mass is 290 g/mol. The Hall–Kier alpha value is -0.370. The van der Waals surface area contributed by atoms with Crippen molar-refractivity contribution >= 4 is 5.78 Å². The summed E-state index contributed by atoms with van der Waals surface area (Å²) in [6, 6.07) is 0. The predicted octanol–water partition coefficient (Wildman–Crippen LogP) is 4.10. The highest BCUT2D eigenvalue weighted by Gasteiger charge is 2.63. The summed E-state index contributed by atoms with van der Waals surface area (Å²) in [5.74, 6) is 2.48. The lowest BCUT2D eigenvalue weighted by Gasteiger charge is -2.62. The Morgan fingerprint density at radius 1 is 0.952 bits per heavy atom. The number of hydrogen-bond donors (Lipinski definition) is 1. The van der Waals surface area contributed by atoms with Crippen LogP contribution in [0.2, 0.25) is 0 Å². The molecule has 0 aliphatic heterocycles. The highest BCUT2D eigenvalue weighted by molar-refractivity contribution is 5.87. The van der Waals surface area contributed by atoms with E-state index in [2.05, 4.69) is 13.8 Å². The van der Waals surface area contributed by atoms with Crippen LogP contribution in [0.1, 0.15) is 78.1 Å². The SMILES string of the molecule is C[C@]12CC[C@H]3[C@@H](CCC4(O)CCCC[C@]34C)[C@@H]1CCC2=O. The van der Waals surface area contributed by atoms with Crippen molar-refractivity contribution in [1.29, 1.82) is 0 Å². The summed E-state index contributed by atoms with van der Waals surface area (Å²) >= 11 is 0. The van der Waals surface area contributed by atoms with Gasteiger partial charge in [0.1, 0.15) is 5.78 Å². The summed E-state index contributed by atoms with van der Waals surface area (Å²) in [6.07, 6.45) is 11.0. The molecule has 0 heterocycles. The quantitative estimate of drug-likeness (QED) is 0.729. The maximum Gasteiger partial charge on any atom is 0.139 e. The number of ketones is 1. The molecule has 21 heavy (non-hydrogen) atoms. The Kier molecular flexibility index (Phi) is 2.94. The van der Waals surface area contributed by atoms with Gasteiger partial charge < -0.3 is 5.11 Å². The van der Waals surface area contributed by atoms with E-state index in [4.69, 9.17) is 0 Å². The van der Waals surface area contributed by atoms with E-state index in [9.17, 15) is 9.90 Å². The molecule has 0 aromatic heterocycles. The summed E-state index contributed by atoms with van der Waals surface area (Å²) in [6.45, 7) is 4.62. The van der Waals surface area contributed by atoms with E-state index in [1.807, 2.05) is 0 Å². The van der Waals surface area contributed by atoms with Crippen LogP contribution in [0.15, 0.2) is 0 Å². The maximum atomic E-state index is 12.4. The molecule has 2 nitrogen and oxygen atoms in total. The number of carbonyl (C=O) groups is 1. The van der Waals surface area contributed by atoms with E-state index in [1.54, 1.807) is 0 Å². The van der Waals surface area contributed by atoms with Gasteiger partial charge in [0.15, 0.2) is 0 Å². The van der Waals surface area contributed by atoms with Crippen molar-refractivity contribution in [2.45, 2.75) is 83.7 Å². The van der Waals surface area contributed by atoms with Gasteiger partial charge in [0.25, 0.3) is 0 Å². The van der Waals surface area contributed by atoms with Crippen molar-refractivity contribution in [2.75, 3.05) is 0 Å². The van der Waals surface area contributed by atoms with Gasteiger partial charge >= 0.3 is 0 Å². The fourth-order valence-electron chi connectivity index (χ4n) is 7.03. The van der Waals surface area contributed by atoms with Gasteiger partial charge in [0, 0.05) is 11.8 Å². The molecule has 0 amide bonds. The third-order valence-corrected chi connectivity index (χ3v) is 8.46. The molecule has 0 aromatic carbocycles. The van der Waals surface area contributed by atoms with Crippen LogP contribution in [0.5, 0.6) is 0 Å². The molecule has 6 atom stereocenters. The third-order valence-electron chi connectivity index (χ3n) is 8.46. The van der Waals surface area contributed by atoms with E-state index >= 15 is 0 Å². The van der Waals surface area contributed by atoms with Crippen molar-refractivity contribution in [3.63, 3.8) is 0 Å². The fourth-order valence-corrected chi connectivity index (χ4v) is 7.03. The Morgan fingerprint density at radius 2 is 1.71 bits per heavy atom. The van der Waals surface area contributed by atoms with Crippen molar-refractivity contribution in [1.82, 2.24) is 0 Å². The van der Waals surface area contributed by atoms with E-state index in [0.29, 0.717) is 23.5 Å². The minimum absolute atomic E-state index is 0.0261. The van der Waals surface area contributed by atoms with Gasteiger partial charge in [-0.15, -0.1) is 0 Å². The van der Waals surface area contributed by atoms with E-state index in [1.165, 1.54) is 25.7 Å². The Morgan fingerprint density at radius 3 is 2.52 bits per heavy atom. The number of Topliss-reactive ketones (excluding diaryl/α,β-unsaturated/α-hetero) is 1. The van der Waals surface area contributed by atoms with Crippen LogP contribution in [-0.2, 0) is 4.79 Å². The number of rotatable bonds is 0. The summed E-state index contributed by atoms with van der Waals surface area (Å²) < 4.78 is 0. The number of hydrogen-bond acceptors (Lipinski definition) is 2. The minimum Gasteiger partial charge on any atom is -0.389 e. The number of fused-ring (bicyclic) bond motifs is 5. The van der Waals surface area contributed by atoms with Crippen LogP contribution in [0, 0.1) is 28.6 Å². The topological polar surface area (TPSA) is 37.3 Å². The first-order valence-corrected chi connectivity index (χ1v) is 9.16. The van der Waals surface area contributed by atoms with Crippen molar-refractivity contribution in [3.8, 4) is 0 Å². The van der Waals surface area contributed by atoms with Gasteiger partial charge in [-0.05, 0) is 68.1 Å². The molecule has 0 radical (unpaired) electrons. The summed E-state index contributed by atoms with van der Waals surface area (Å²) in [5.41, 5.74) is -0.328. The van der Waals surface area contributed by atoms with Crippen LogP contribution in [-0.4, -0.2) is 16.5 Å². The van der Waals surface area contributed by atoms with Crippen molar-refractivity contribution in [3.05, 3.63) is 0 Å². The molecule has 1 unspecified atom stereocenters. The molecule has 118 valence electrons. The van der Waals surface area contributed by atoms with Gasteiger partial charge in [0.05, 0.1) is 5.60 Å². The second kappa shape index (κ2) is 4.34. The van der Waals surface area contributed by atoms with Crippen molar-refractivity contribution in [2.24, 2.45) is 28.6 Å². The molecule has 0 aromatic rings. The normalized spacial score (nSPS) is 56.5. The van der Waals surface area contributed by atoms with Crippen LogP contribution in [0.4, 0.5) is 0 Å². The highest BCUT2D eigenvalue weighted by Crippen LogP contribution is 2.66. The zero-order chi connectivity index (χ0) is 14.9. The molecule has 4 fully saturated rings. The van der Waals surface area contributed by atoms with Crippen LogP contribution in [0.3, 0.4) is 0 Å². The lowest BCUT2D eigenvalue weighted by molar-refractivity contribution is -0.202. The smallest absolute Gasteiger partial charge is 0.139 e. The molecule has 4 rings (SSSR count). The van der Waals surface area contributed by atoms with E-state index < -0.39 is 5.60 Å². The number of carbonyl (C=O) groups excluding carboxylic acids is 1.